The summed E-state index contributed by atoms with van der Waals surface area (Å²) in [7, 11) is 0. The summed E-state index contributed by atoms with van der Waals surface area (Å²) in [5.41, 5.74) is 0. The molecular weight excluding hydrogens is 138 g/mol. The predicted octanol–water partition coefficient (Wildman–Crippen LogP) is 1.68. The number of nitriles is 1. The third-order valence-corrected chi connectivity index (χ3v) is 1.87. The van der Waals surface area contributed by atoms with Gasteiger partial charge >= 0.3 is 0 Å². The Kier molecular flexibility index (Phi) is 2.85. The Balaban J connectivity index is 2.08. The third-order valence-electron chi connectivity index (χ3n) is 1.87. The minimum Gasteiger partial charge on any atom is -0.303 e. The van der Waals surface area contributed by atoms with E-state index >= 15 is 0 Å². The average molecular weight is 149 g/mol. The molecule has 1 fully saturated rings. The fourth-order valence-corrected chi connectivity index (χ4v) is 1.03. The highest BCUT2D eigenvalue weighted by Crippen LogP contribution is 2.37. The lowest BCUT2D eigenvalue weighted by atomic mass is 10.2. The Morgan fingerprint density at radius 2 is 2.36 bits per heavy atom. The molecular formula is C9H11NO. The molecule has 2 heteroatoms. The second kappa shape index (κ2) is 3.92. The number of hydrogen-bond donors (Lipinski definition) is 0. The van der Waals surface area contributed by atoms with Gasteiger partial charge in [-0.15, -0.1) is 0 Å². The van der Waals surface area contributed by atoms with E-state index in [1.165, 1.54) is 0 Å². The summed E-state index contributed by atoms with van der Waals surface area (Å²) >= 11 is 0. The number of carbonyl (C=O) groups is 1. The van der Waals surface area contributed by atoms with E-state index in [0.29, 0.717) is 12.3 Å². The summed E-state index contributed by atoms with van der Waals surface area (Å²) < 4.78 is 0. The van der Waals surface area contributed by atoms with Crippen LogP contribution < -0.4 is 0 Å². The summed E-state index contributed by atoms with van der Waals surface area (Å²) in [5, 5.41) is 8.21. The minimum absolute atomic E-state index is 0.272. The maximum atomic E-state index is 10.2. The second-order valence-corrected chi connectivity index (χ2v) is 2.82. The van der Waals surface area contributed by atoms with Crippen LogP contribution in [0, 0.1) is 23.2 Å². The molecule has 0 unspecified atom stereocenters. The van der Waals surface area contributed by atoms with Crippen molar-refractivity contribution in [1.82, 2.24) is 0 Å². The van der Waals surface area contributed by atoms with Gasteiger partial charge in [0.15, 0.2) is 0 Å². The van der Waals surface area contributed by atoms with Gasteiger partial charge in [0.25, 0.3) is 0 Å². The first-order valence-electron chi connectivity index (χ1n) is 3.87. The van der Waals surface area contributed by atoms with Gasteiger partial charge in [-0.2, -0.15) is 5.26 Å². The number of allylic oxidation sites excluding steroid dienone is 2. The second-order valence-electron chi connectivity index (χ2n) is 2.82. The van der Waals surface area contributed by atoms with Gasteiger partial charge < -0.3 is 4.79 Å². The number of hydrogen-bond acceptors (Lipinski definition) is 2. The van der Waals surface area contributed by atoms with Crippen LogP contribution in [0.15, 0.2) is 12.2 Å². The smallest absolute Gasteiger partial charge is 0.123 e. The van der Waals surface area contributed by atoms with Crippen LogP contribution in [0.25, 0.3) is 0 Å². The van der Waals surface area contributed by atoms with Crippen LogP contribution in [-0.4, -0.2) is 6.29 Å². The van der Waals surface area contributed by atoms with Crippen molar-refractivity contribution in [3.05, 3.63) is 12.2 Å². The minimum atomic E-state index is 0.272. The molecule has 0 bridgehead atoms. The molecule has 0 aromatic carbocycles. The van der Waals surface area contributed by atoms with E-state index in [-0.39, 0.29) is 5.92 Å². The van der Waals surface area contributed by atoms with E-state index in [2.05, 4.69) is 12.1 Å². The number of nitrogens with zero attached hydrogens (tertiary/aromatic N) is 1. The number of aldehydes is 1. The average Bonchev–Trinajstić information content (AvgIpc) is 2.77. The van der Waals surface area contributed by atoms with E-state index in [1.54, 1.807) is 0 Å². The van der Waals surface area contributed by atoms with Crippen LogP contribution in [-0.2, 0) is 4.79 Å². The zero-order valence-corrected chi connectivity index (χ0v) is 6.36. The number of rotatable bonds is 4. The first-order valence-corrected chi connectivity index (χ1v) is 3.87. The van der Waals surface area contributed by atoms with Crippen molar-refractivity contribution in [2.45, 2.75) is 19.3 Å². The van der Waals surface area contributed by atoms with Crippen molar-refractivity contribution in [2.24, 2.45) is 11.8 Å². The Morgan fingerprint density at radius 1 is 1.55 bits per heavy atom. The standard InChI is InChI=1S/C9H11NO/c10-5-3-1-2-4-8-6-9(8)7-11/h2,4,7-9H,1,3,6H2/b4-2-/t8-,9-/m0/s1. The molecule has 0 aromatic heterocycles. The molecule has 0 heterocycles. The Labute approximate surface area is 66.5 Å². The molecule has 11 heavy (non-hydrogen) atoms. The van der Waals surface area contributed by atoms with Gasteiger partial charge in [-0.1, -0.05) is 12.2 Å². The first kappa shape index (κ1) is 8.00. The van der Waals surface area contributed by atoms with E-state index < -0.39 is 0 Å². The number of unbranched alkanes of at least 4 members (excludes halogenated alkanes) is 1. The van der Waals surface area contributed by atoms with Crippen LogP contribution in [0.4, 0.5) is 0 Å². The van der Waals surface area contributed by atoms with E-state index in [1.807, 2.05) is 6.08 Å². The van der Waals surface area contributed by atoms with Crippen LogP contribution >= 0.6 is 0 Å². The molecule has 0 aromatic rings. The molecule has 1 aliphatic carbocycles. The van der Waals surface area contributed by atoms with Crippen LogP contribution in [0.5, 0.6) is 0 Å². The fourth-order valence-electron chi connectivity index (χ4n) is 1.03. The van der Waals surface area contributed by atoms with Crippen LogP contribution in [0.2, 0.25) is 0 Å². The Hall–Kier alpha value is -1.10. The normalized spacial score (nSPS) is 28.3. The van der Waals surface area contributed by atoms with Gasteiger partial charge in [0.2, 0.25) is 0 Å². The molecule has 0 saturated heterocycles. The lowest BCUT2D eigenvalue weighted by molar-refractivity contribution is -0.109. The van der Waals surface area contributed by atoms with Gasteiger partial charge in [0.1, 0.15) is 6.29 Å². The molecule has 58 valence electrons. The maximum absolute atomic E-state index is 10.2. The summed E-state index contributed by atoms with van der Waals surface area (Å²) in [6, 6.07) is 2.07. The van der Waals surface area contributed by atoms with Crippen LogP contribution in [0.3, 0.4) is 0 Å². The molecule has 0 N–H and O–H groups in total. The van der Waals surface area contributed by atoms with Crippen molar-refractivity contribution >= 4 is 6.29 Å². The van der Waals surface area contributed by atoms with Gasteiger partial charge in [-0.05, 0) is 18.8 Å². The molecule has 0 spiro atoms. The highest BCUT2D eigenvalue weighted by atomic mass is 16.1. The third kappa shape index (κ3) is 2.55. The van der Waals surface area contributed by atoms with E-state index in [4.69, 9.17) is 5.26 Å². The van der Waals surface area contributed by atoms with Crippen molar-refractivity contribution in [2.75, 3.05) is 0 Å². The summed E-state index contributed by atoms with van der Waals surface area (Å²) in [5.74, 6) is 0.750. The molecule has 2 nitrogen and oxygen atoms in total. The highest BCUT2D eigenvalue weighted by molar-refractivity contribution is 5.59. The van der Waals surface area contributed by atoms with Gasteiger partial charge in [0, 0.05) is 12.3 Å². The van der Waals surface area contributed by atoms with Gasteiger partial charge in [-0.25, -0.2) is 0 Å². The molecule has 0 amide bonds. The SMILES string of the molecule is N#CCC/C=C\[C@H]1C[C@H]1C=O. The number of carbonyl (C=O) groups excluding carboxylic acids is 1. The topological polar surface area (TPSA) is 40.9 Å². The fraction of sp³-hybridized carbons (Fsp3) is 0.556. The summed E-state index contributed by atoms with van der Waals surface area (Å²) in [6.07, 6.45) is 7.47. The zero-order chi connectivity index (χ0) is 8.10. The van der Waals surface area contributed by atoms with Crippen molar-refractivity contribution in [3.8, 4) is 6.07 Å². The predicted molar refractivity (Wildman–Crippen MR) is 41.6 cm³/mol. The molecule has 0 aliphatic heterocycles. The molecule has 2 atom stereocenters. The molecule has 1 saturated carbocycles. The Bertz CT molecular complexity index is 202. The monoisotopic (exact) mass is 149 g/mol. The first-order chi connectivity index (χ1) is 5.38. The molecule has 0 radical (unpaired) electrons. The summed E-state index contributed by atoms with van der Waals surface area (Å²) in [6.45, 7) is 0. The maximum Gasteiger partial charge on any atom is 0.123 e. The molecule has 1 aliphatic rings. The van der Waals surface area contributed by atoms with E-state index in [9.17, 15) is 4.79 Å². The Morgan fingerprint density at radius 3 is 2.91 bits per heavy atom. The van der Waals surface area contributed by atoms with E-state index in [0.717, 1.165) is 19.1 Å². The summed E-state index contributed by atoms with van der Waals surface area (Å²) in [4.78, 5) is 10.2. The van der Waals surface area contributed by atoms with Gasteiger partial charge in [0.05, 0.1) is 6.07 Å². The van der Waals surface area contributed by atoms with Crippen molar-refractivity contribution in [1.29, 1.82) is 5.26 Å². The lowest BCUT2D eigenvalue weighted by Crippen LogP contribution is -1.77. The van der Waals surface area contributed by atoms with Crippen molar-refractivity contribution in [3.63, 3.8) is 0 Å². The van der Waals surface area contributed by atoms with Crippen molar-refractivity contribution < 1.29 is 4.79 Å². The van der Waals surface area contributed by atoms with Crippen LogP contribution in [0.1, 0.15) is 19.3 Å². The largest absolute Gasteiger partial charge is 0.303 e. The quantitative estimate of drug-likeness (QED) is 0.346. The highest BCUT2D eigenvalue weighted by Gasteiger charge is 2.33. The lowest BCUT2D eigenvalue weighted by Gasteiger charge is -1.82. The van der Waals surface area contributed by atoms with Gasteiger partial charge in [-0.3, -0.25) is 0 Å². The zero-order valence-electron chi connectivity index (χ0n) is 6.36. The molecule has 1 rings (SSSR count).